The van der Waals surface area contributed by atoms with Crippen LogP contribution in [0.3, 0.4) is 0 Å². The van der Waals surface area contributed by atoms with Crippen LogP contribution in [0, 0.1) is 0 Å². The van der Waals surface area contributed by atoms with Gasteiger partial charge in [-0.25, -0.2) is 9.78 Å². The van der Waals surface area contributed by atoms with Gasteiger partial charge in [-0.05, 0) is 54.6 Å². The lowest BCUT2D eigenvalue weighted by molar-refractivity contribution is 0.102. The second kappa shape index (κ2) is 11.1. The molecule has 1 heterocycles. The molecule has 0 bridgehead atoms. The Labute approximate surface area is 187 Å². The van der Waals surface area contributed by atoms with Crippen LogP contribution < -0.4 is 15.4 Å². The van der Waals surface area contributed by atoms with Gasteiger partial charge in [0.1, 0.15) is 17.9 Å². The fourth-order valence-corrected chi connectivity index (χ4v) is 2.77. The minimum absolute atomic E-state index is 0.140. The molecule has 3 aromatic rings. The Balaban J connectivity index is 1.68. The molecular weight excluding hydrogens is 466 g/mol. The first-order chi connectivity index (χ1) is 15.0. The molecule has 0 saturated heterocycles. The van der Waals surface area contributed by atoms with Crippen molar-refractivity contribution in [3.63, 3.8) is 0 Å². The lowest BCUT2D eigenvalue weighted by Gasteiger charge is -2.11. The van der Waals surface area contributed by atoms with Crippen molar-refractivity contribution < 1.29 is 23.8 Å². The molecule has 0 fully saturated rings. The number of benzene rings is 2. The van der Waals surface area contributed by atoms with Gasteiger partial charge in [-0.3, -0.25) is 10.1 Å². The molecule has 2 N–H and O–H groups in total. The molecule has 31 heavy (non-hydrogen) atoms. The summed E-state index contributed by atoms with van der Waals surface area (Å²) in [5, 5.41) is 5.37. The second-order valence-corrected chi connectivity index (χ2v) is 7.12. The predicted octanol–water partition coefficient (Wildman–Crippen LogP) is 5.08. The Morgan fingerprint density at radius 2 is 1.71 bits per heavy atom. The zero-order valence-electron chi connectivity index (χ0n) is 16.6. The molecule has 0 aliphatic carbocycles. The zero-order valence-corrected chi connectivity index (χ0v) is 18.2. The van der Waals surface area contributed by atoms with Crippen molar-refractivity contribution in [3.8, 4) is 11.6 Å². The molecule has 0 aliphatic rings. The lowest BCUT2D eigenvalue weighted by Crippen LogP contribution is -2.17. The van der Waals surface area contributed by atoms with Crippen molar-refractivity contribution in [1.29, 1.82) is 0 Å². The van der Waals surface area contributed by atoms with E-state index >= 15 is 0 Å². The summed E-state index contributed by atoms with van der Waals surface area (Å²) in [4.78, 5) is 28.8. The average Bonchev–Trinajstić information content (AvgIpc) is 2.76. The molecule has 0 radical (unpaired) electrons. The third-order valence-electron chi connectivity index (χ3n) is 3.93. The van der Waals surface area contributed by atoms with Gasteiger partial charge in [0.05, 0.1) is 6.61 Å². The number of methoxy groups -OCH3 is 1. The number of nitrogens with one attached hydrogen (secondary N) is 2. The monoisotopic (exact) mass is 485 g/mol. The number of rotatable bonds is 8. The van der Waals surface area contributed by atoms with E-state index in [0.717, 1.165) is 4.47 Å². The normalized spacial score (nSPS) is 10.3. The first-order valence-corrected chi connectivity index (χ1v) is 10.1. The van der Waals surface area contributed by atoms with Crippen LogP contribution in [0.1, 0.15) is 10.4 Å². The third-order valence-corrected chi connectivity index (χ3v) is 4.46. The number of hydrogen-bond donors (Lipinski definition) is 2. The molecule has 8 nitrogen and oxygen atoms in total. The Morgan fingerprint density at radius 1 is 0.968 bits per heavy atom. The molecule has 9 heteroatoms. The van der Waals surface area contributed by atoms with E-state index in [2.05, 4.69) is 31.5 Å². The van der Waals surface area contributed by atoms with Gasteiger partial charge in [0.2, 0.25) is 5.88 Å². The molecule has 2 amide bonds. The number of amides is 2. The summed E-state index contributed by atoms with van der Waals surface area (Å²) in [5.41, 5.74) is 1.22. The smallest absolute Gasteiger partial charge is 0.411 e. The van der Waals surface area contributed by atoms with E-state index in [4.69, 9.17) is 14.2 Å². The van der Waals surface area contributed by atoms with Crippen LogP contribution in [0.25, 0.3) is 0 Å². The highest BCUT2D eigenvalue weighted by Gasteiger charge is 2.15. The number of ether oxygens (including phenoxy) is 3. The van der Waals surface area contributed by atoms with E-state index in [1.165, 1.54) is 7.11 Å². The number of aromatic nitrogens is 1. The molecule has 160 valence electrons. The summed E-state index contributed by atoms with van der Waals surface area (Å²) in [6.07, 6.45) is 0.933. The number of nitrogens with zero attached hydrogens (tertiary/aromatic N) is 1. The maximum atomic E-state index is 12.8. The first-order valence-electron chi connectivity index (χ1n) is 9.28. The van der Waals surface area contributed by atoms with Crippen LogP contribution in [0.15, 0.2) is 71.3 Å². The largest absolute Gasteiger partial charge is 0.447 e. The second-order valence-electron chi connectivity index (χ2n) is 6.20. The van der Waals surface area contributed by atoms with Gasteiger partial charge < -0.3 is 19.5 Å². The van der Waals surface area contributed by atoms with Gasteiger partial charge in [0.25, 0.3) is 5.91 Å². The minimum Gasteiger partial charge on any atom is -0.447 e. The Hall–Kier alpha value is -3.43. The van der Waals surface area contributed by atoms with Crippen molar-refractivity contribution in [1.82, 2.24) is 4.98 Å². The topological polar surface area (TPSA) is 98.8 Å². The lowest BCUT2D eigenvalue weighted by atomic mass is 10.2. The van der Waals surface area contributed by atoms with E-state index in [1.54, 1.807) is 54.7 Å². The maximum Gasteiger partial charge on any atom is 0.411 e. The highest BCUT2D eigenvalue weighted by atomic mass is 79.9. The highest BCUT2D eigenvalue weighted by molar-refractivity contribution is 9.10. The van der Waals surface area contributed by atoms with E-state index in [9.17, 15) is 9.59 Å². The number of anilines is 2. The van der Waals surface area contributed by atoms with Crippen molar-refractivity contribution >= 4 is 39.3 Å². The first kappa shape index (κ1) is 22.3. The molecule has 0 unspecified atom stereocenters. The highest BCUT2D eigenvalue weighted by Crippen LogP contribution is 2.25. The van der Waals surface area contributed by atoms with Gasteiger partial charge in [-0.2, -0.15) is 0 Å². The summed E-state index contributed by atoms with van der Waals surface area (Å²) < 4.78 is 16.5. The standard InChI is InChI=1S/C22H20BrN3O5/c1-29-12-13-30-22(28)26-17-5-2-4-16(14-17)25-20(27)19-6-3-11-24-21(19)31-18-9-7-15(23)8-10-18/h2-11,14H,12-13H2,1H3,(H,25,27)(H,26,28). The molecule has 0 atom stereocenters. The van der Waals surface area contributed by atoms with E-state index in [1.807, 2.05) is 12.1 Å². The Morgan fingerprint density at radius 3 is 2.45 bits per heavy atom. The van der Waals surface area contributed by atoms with Gasteiger partial charge >= 0.3 is 6.09 Å². The van der Waals surface area contributed by atoms with Crippen LogP contribution in [-0.4, -0.2) is 37.3 Å². The van der Waals surface area contributed by atoms with E-state index in [-0.39, 0.29) is 18.1 Å². The quantitative estimate of drug-likeness (QED) is 0.431. The minimum atomic E-state index is -0.613. The van der Waals surface area contributed by atoms with Gasteiger partial charge in [-0.15, -0.1) is 0 Å². The summed E-state index contributed by atoms with van der Waals surface area (Å²) in [5.74, 6) is 0.326. The van der Waals surface area contributed by atoms with Crippen LogP contribution in [0.4, 0.5) is 16.2 Å². The number of carbonyl (C=O) groups excluding carboxylic acids is 2. The van der Waals surface area contributed by atoms with Crippen molar-refractivity contribution in [2.24, 2.45) is 0 Å². The predicted molar refractivity (Wildman–Crippen MR) is 120 cm³/mol. The zero-order chi connectivity index (χ0) is 22.1. The number of pyridine rings is 1. The van der Waals surface area contributed by atoms with E-state index in [0.29, 0.717) is 23.7 Å². The van der Waals surface area contributed by atoms with Crippen LogP contribution in [0.5, 0.6) is 11.6 Å². The Bertz CT molecular complexity index is 1040. The van der Waals surface area contributed by atoms with Crippen LogP contribution >= 0.6 is 15.9 Å². The molecular formula is C22H20BrN3O5. The molecule has 3 rings (SSSR count). The Kier molecular flexibility index (Phi) is 7.97. The van der Waals surface area contributed by atoms with Gasteiger partial charge in [0.15, 0.2) is 0 Å². The molecule has 1 aromatic heterocycles. The van der Waals surface area contributed by atoms with Crippen LogP contribution in [0.2, 0.25) is 0 Å². The fraction of sp³-hybridized carbons (Fsp3) is 0.136. The number of hydrogen-bond acceptors (Lipinski definition) is 6. The summed E-state index contributed by atoms with van der Waals surface area (Å²) in [6, 6.07) is 17.1. The van der Waals surface area contributed by atoms with Crippen molar-refractivity contribution in [2.45, 2.75) is 0 Å². The number of carbonyl (C=O) groups is 2. The van der Waals surface area contributed by atoms with Crippen LogP contribution in [-0.2, 0) is 9.47 Å². The van der Waals surface area contributed by atoms with Gasteiger partial charge in [0, 0.05) is 29.2 Å². The summed E-state index contributed by atoms with van der Waals surface area (Å²) >= 11 is 3.37. The van der Waals surface area contributed by atoms with Crippen molar-refractivity contribution in [2.75, 3.05) is 31.0 Å². The van der Waals surface area contributed by atoms with Gasteiger partial charge in [-0.1, -0.05) is 22.0 Å². The summed E-state index contributed by atoms with van der Waals surface area (Å²) in [7, 11) is 1.52. The molecule has 0 spiro atoms. The number of halogens is 1. The molecule has 2 aromatic carbocycles. The fourth-order valence-electron chi connectivity index (χ4n) is 2.50. The van der Waals surface area contributed by atoms with Crippen molar-refractivity contribution in [3.05, 3.63) is 76.9 Å². The summed E-state index contributed by atoms with van der Waals surface area (Å²) in [6.45, 7) is 0.445. The molecule has 0 saturated carbocycles. The maximum absolute atomic E-state index is 12.8. The third kappa shape index (κ3) is 6.80. The van der Waals surface area contributed by atoms with E-state index < -0.39 is 12.0 Å². The average molecular weight is 486 g/mol. The molecule has 0 aliphatic heterocycles. The SMILES string of the molecule is COCCOC(=O)Nc1cccc(NC(=O)c2cccnc2Oc2ccc(Br)cc2)c1.